The van der Waals surface area contributed by atoms with Gasteiger partial charge in [-0.1, -0.05) is 6.08 Å². The van der Waals surface area contributed by atoms with Gasteiger partial charge >= 0.3 is 0 Å². The summed E-state index contributed by atoms with van der Waals surface area (Å²) in [5.41, 5.74) is 1.02. The highest BCUT2D eigenvalue weighted by Crippen LogP contribution is 2.08. The molecule has 0 aliphatic rings. The van der Waals surface area contributed by atoms with E-state index >= 15 is 0 Å². The van der Waals surface area contributed by atoms with E-state index in [-0.39, 0.29) is 0 Å². The van der Waals surface area contributed by atoms with E-state index in [1.54, 1.807) is 6.20 Å². The molecule has 0 atom stereocenters. The molecule has 1 N–H and O–H groups in total. The maximum atomic E-state index is 4.43. The second kappa shape index (κ2) is 5.34. The van der Waals surface area contributed by atoms with Crippen molar-refractivity contribution in [3.63, 3.8) is 0 Å². The first-order valence-corrected chi connectivity index (χ1v) is 5.64. The standard InChI is InChI=1S/C12H17N5/c1-3-4-14-12-15-11(2)9-17(12)8-7-16-6-5-13-10-16/h3,5-6,9-10H,1,4,7-8H2,2H3,(H,14,15). The summed E-state index contributed by atoms with van der Waals surface area (Å²) in [5.74, 6) is 0.891. The molecule has 5 heteroatoms. The lowest BCUT2D eigenvalue weighted by atomic mass is 10.5. The second-order valence-corrected chi connectivity index (χ2v) is 3.87. The van der Waals surface area contributed by atoms with Gasteiger partial charge in [-0.3, -0.25) is 0 Å². The van der Waals surface area contributed by atoms with Crippen LogP contribution in [0.2, 0.25) is 0 Å². The maximum Gasteiger partial charge on any atom is 0.203 e. The number of nitrogens with one attached hydrogen (secondary N) is 1. The Morgan fingerprint density at radius 2 is 2.35 bits per heavy atom. The van der Waals surface area contributed by atoms with Gasteiger partial charge < -0.3 is 14.5 Å². The number of aryl methyl sites for hydroxylation is 3. The van der Waals surface area contributed by atoms with Crippen LogP contribution in [-0.4, -0.2) is 25.6 Å². The van der Waals surface area contributed by atoms with E-state index in [4.69, 9.17) is 0 Å². The molecular formula is C12H17N5. The number of rotatable bonds is 6. The molecular weight excluding hydrogens is 214 g/mol. The molecule has 0 aliphatic carbocycles. The zero-order valence-electron chi connectivity index (χ0n) is 10.0. The van der Waals surface area contributed by atoms with Gasteiger partial charge in [-0.05, 0) is 6.92 Å². The molecule has 2 rings (SSSR count). The lowest BCUT2D eigenvalue weighted by Crippen LogP contribution is -2.10. The van der Waals surface area contributed by atoms with Gasteiger partial charge in [0, 0.05) is 38.2 Å². The van der Waals surface area contributed by atoms with Crippen LogP contribution in [0.25, 0.3) is 0 Å². The van der Waals surface area contributed by atoms with Crippen LogP contribution >= 0.6 is 0 Å². The van der Waals surface area contributed by atoms with Crippen LogP contribution in [0.4, 0.5) is 5.95 Å². The predicted molar refractivity (Wildman–Crippen MR) is 67.9 cm³/mol. The van der Waals surface area contributed by atoms with E-state index in [1.807, 2.05) is 36.3 Å². The Hall–Kier alpha value is -2.04. The molecule has 2 aromatic heterocycles. The fraction of sp³-hybridized carbons (Fsp3) is 0.333. The van der Waals surface area contributed by atoms with Crippen molar-refractivity contribution in [3.05, 3.63) is 43.3 Å². The fourth-order valence-electron chi connectivity index (χ4n) is 1.66. The highest BCUT2D eigenvalue weighted by Gasteiger charge is 2.04. The molecule has 17 heavy (non-hydrogen) atoms. The zero-order valence-corrected chi connectivity index (χ0v) is 10.0. The van der Waals surface area contributed by atoms with Crippen LogP contribution in [0, 0.1) is 6.92 Å². The zero-order chi connectivity index (χ0) is 12.1. The fourth-order valence-corrected chi connectivity index (χ4v) is 1.66. The van der Waals surface area contributed by atoms with E-state index in [0.29, 0.717) is 0 Å². The van der Waals surface area contributed by atoms with Crippen LogP contribution in [0.15, 0.2) is 37.6 Å². The van der Waals surface area contributed by atoms with E-state index in [2.05, 4.69) is 26.4 Å². The Kier molecular flexibility index (Phi) is 3.59. The molecule has 0 fully saturated rings. The Bertz CT molecular complexity index is 469. The molecule has 0 bridgehead atoms. The van der Waals surface area contributed by atoms with E-state index in [0.717, 1.165) is 31.3 Å². The van der Waals surface area contributed by atoms with Crippen molar-refractivity contribution in [2.75, 3.05) is 11.9 Å². The molecule has 0 amide bonds. The average Bonchev–Trinajstić information content (AvgIpc) is 2.93. The third-order valence-electron chi connectivity index (χ3n) is 2.46. The molecule has 5 nitrogen and oxygen atoms in total. The third kappa shape index (κ3) is 2.96. The first-order chi connectivity index (χ1) is 8.29. The number of hydrogen-bond donors (Lipinski definition) is 1. The second-order valence-electron chi connectivity index (χ2n) is 3.87. The minimum absolute atomic E-state index is 0.724. The van der Waals surface area contributed by atoms with Crippen LogP contribution in [0.5, 0.6) is 0 Å². The van der Waals surface area contributed by atoms with Crippen molar-refractivity contribution in [2.24, 2.45) is 0 Å². The van der Waals surface area contributed by atoms with Gasteiger partial charge in [-0.2, -0.15) is 0 Å². The van der Waals surface area contributed by atoms with Crippen molar-refractivity contribution in [3.8, 4) is 0 Å². The Morgan fingerprint density at radius 1 is 1.47 bits per heavy atom. The maximum absolute atomic E-state index is 4.43. The van der Waals surface area contributed by atoms with Crippen LogP contribution in [0.1, 0.15) is 5.69 Å². The van der Waals surface area contributed by atoms with Crippen molar-refractivity contribution in [1.82, 2.24) is 19.1 Å². The van der Waals surface area contributed by atoms with Crippen molar-refractivity contribution in [1.29, 1.82) is 0 Å². The van der Waals surface area contributed by atoms with Crippen LogP contribution < -0.4 is 5.32 Å². The molecule has 0 aliphatic heterocycles. The van der Waals surface area contributed by atoms with Crippen molar-refractivity contribution < 1.29 is 0 Å². The first-order valence-electron chi connectivity index (χ1n) is 5.64. The number of imidazole rings is 2. The normalized spacial score (nSPS) is 10.4. The minimum Gasteiger partial charge on any atom is -0.352 e. The molecule has 0 radical (unpaired) electrons. The summed E-state index contributed by atoms with van der Waals surface area (Å²) in [5, 5.41) is 3.22. The summed E-state index contributed by atoms with van der Waals surface area (Å²) in [4.78, 5) is 8.45. The van der Waals surface area contributed by atoms with Crippen LogP contribution in [0.3, 0.4) is 0 Å². The molecule has 0 aromatic carbocycles. The predicted octanol–water partition coefficient (Wildman–Crippen LogP) is 1.69. The van der Waals surface area contributed by atoms with Gasteiger partial charge in [0.1, 0.15) is 0 Å². The summed E-state index contributed by atoms with van der Waals surface area (Å²) in [6.07, 6.45) is 9.43. The third-order valence-corrected chi connectivity index (χ3v) is 2.46. The monoisotopic (exact) mass is 231 g/mol. The average molecular weight is 231 g/mol. The topological polar surface area (TPSA) is 47.7 Å². The Balaban J connectivity index is 2.01. The smallest absolute Gasteiger partial charge is 0.203 e. The lowest BCUT2D eigenvalue weighted by molar-refractivity contribution is 0.582. The number of hydrogen-bond acceptors (Lipinski definition) is 3. The number of anilines is 1. The van der Waals surface area contributed by atoms with Gasteiger partial charge in [-0.25, -0.2) is 9.97 Å². The largest absolute Gasteiger partial charge is 0.352 e. The highest BCUT2D eigenvalue weighted by molar-refractivity contribution is 5.29. The van der Waals surface area contributed by atoms with Gasteiger partial charge in [0.05, 0.1) is 12.0 Å². The quantitative estimate of drug-likeness (QED) is 0.769. The molecule has 0 unspecified atom stereocenters. The van der Waals surface area contributed by atoms with Gasteiger partial charge in [0.25, 0.3) is 0 Å². The van der Waals surface area contributed by atoms with E-state index < -0.39 is 0 Å². The SMILES string of the molecule is C=CCNc1nc(C)cn1CCn1ccnc1. The molecule has 90 valence electrons. The molecule has 2 aromatic rings. The van der Waals surface area contributed by atoms with Crippen LogP contribution in [-0.2, 0) is 13.1 Å². The minimum atomic E-state index is 0.724. The Morgan fingerprint density at radius 3 is 3.06 bits per heavy atom. The molecule has 0 spiro atoms. The Labute approximate surface area is 101 Å². The van der Waals surface area contributed by atoms with Crippen molar-refractivity contribution in [2.45, 2.75) is 20.0 Å². The molecule has 0 saturated heterocycles. The number of nitrogens with zero attached hydrogens (tertiary/aromatic N) is 4. The highest BCUT2D eigenvalue weighted by atomic mass is 15.2. The molecule has 2 heterocycles. The van der Waals surface area contributed by atoms with Gasteiger partial charge in [0.15, 0.2) is 0 Å². The van der Waals surface area contributed by atoms with Gasteiger partial charge in [0.2, 0.25) is 5.95 Å². The summed E-state index contributed by atoms with van der Waals surface area (Å²) < 4.78 is 4.16. The lowest BCUT2D eigenvalue weighted by Gasteiger charge is -2.08. The first kappa shape index (κ1) is 11.4. The number of aromatic nitrogens is 4. The van der Waals surface area contributed by atoms with E-state index in [9.17, 15) is 0 Å². The summed E-state index contributed by atoms with van der Waals surface area (Å²) in [6, 6.07) is 0. The molecule has 0 saturated carbocycles. The summed E-state index contributed by atoms with van der Waals surface area (Å²) >= 11 is 0. The van der Waals surface area contributed by atoms with Crippen molar-refractivity contribution >= 4 is 5.95 Å². The van der Waals surface area contributed by atoms with E-state index in [1.165, 1.54) is 0 Å². The summed E-state index contributed by atoms with van der Waals surface area (Å²) in [7, 11) is 0. The van der Waals surface area contributed by atoms with Gasteiger partial charge in [-0.15, -0.1) is 6.58 Å². The summed E-state index contributed by atoms with van der Waals surface area (Å²) in [6.45, 7) is 8.16.